The number of fused-ring (bicyclic) bond motifs is 12. The molecule has 260 valence electrons. The Balaban J connectivity index is 1.01. The second-order valence-electron chi connectivity index (χ2n) is 14.6. The Labute approximate surface area is 329 Å². The molecule has 0 radical (unpaired) electrons. The second-order valence-corrected chi connectivity index (χ2v) is 16.8. The fourth-order valence-electron chi connectivity index (χ4n) is 9.22. The van der Waals surface area contributed by atoms with E-state index in [-0.39, 0.29) is 0 Å². The number of allylic oxidation sites excluding steroid dienone is 1. The molecule has 0 amide bonds. The summed E-state index contributed by atoms with van der Waals surface area (Å²) in [5, 5.41) is 28.2. The molecule has 0 aliphatic heterocycles. The first kappa shape index (κ1) is 31.4. The topological polar surface area (TPSA) is 57.4 Å². The Kier molecular flexibility index (Phi) is 6.60. The standard InChI is InChI=1S/C50H28N4S2/c51-27-31-7-5-13-43-49(31)35-9-1-3-11-41(35)53(43)33-17-21-47-39(25-33)37-23-29(15-19-45(37)55-47)30-16-20-46-38(24-30)40-26-34(18-22-48(40)56-46)54-42-12-4-2-10-36(42)50-32(28-52)8-6-14-44(50)54/h1,3-9,11-26H,2,10H2. The average Bonchev–Trinajstić information content (AvgIpc) is 4.00. The van der Waals surface area contributed by atoms with Crippen LogP contribution in [0.15, 0.2) is 140 Å². The van der Waals surface area contributed by atoms with Gasteiger partial charge in [0, 0.05) is 73.6 Å². The molecule has 0 unspecified atom stereocenters. The van der Waals surface area contributed by atoms with Crippen LogP contribution in [0.25, 0.3) is 102 Å². The molecule has 0 bridgehead atoms. The second kappa shape index (κ2) is 11.8. The predicted octanol–water partition coefficient (Wildman–Crippen LogP) is 13.8. The maximum atomic E-state index is 10.0. The fourth-order valence-corrected chi connectivity index (χ4v) is 11.4. The van der Waals surface area contributed by atoms with Crippen molar-refractivity contribution in [1.29, 1.82) is 10.5 Å². The van der Waals surface area contributed by atoms with Crippen LogP contribution >= 0.6 is 22.7 Å². The van der Waals surface area contributed by atoms with Crippen LogP contribution in [0, 0.1) is 22.7 Å². The monoisotopic (exact) mass is 748 g/mol. The summed E-state index contributed by atoms with van der Waals surface area (Å²) in [4.78, 5) is 0. The highest BCUT2D eigenvalue weighted by Crippen LogP contribution is 2.43. The van der Waals surface area contributed by atoms with Crippen LogP contribution in [-0.2, 0) is 6.42 Å². The highest BCUT2D eigenvalue weighted by Gasteiger charge is 2.22. The van der Waals surface area contributed by atoms with Crippen LogP contribution in [0.4, 0.5) is 0 Å². The highest BCUT2D eigenvalue weighted by molar-refractivity contribution is 7.26. The van der Waals surface area contributed by atoms with Crippen LogP contribution < -0.4 is 0 Å². The molecule has 0 saturated heterocycles. The van der Waals surface area contributed by atoms with E-state index < -0.39 is 0 Å². The number of rotatable bonds is 3. The van der Waals surface area contributed by atoms with Crippen molar-refractivity contribution in [2.24, 2.45) is 0 Å². The van der Waals surface area contributed by atoms with E-state index in [0.717, 1.165) is 62.5 Å². The predicted molar refractivity (Wildman–Crippen MR) is 236 cm³/mol. The number of benzene rings is 7. The molecule has 0 atom stereocenters. The number of nitriles is 2. The number of hydrogen-bond acceptors (Lipinski definition) is 4. The quantitative estimate of drug-likeness (QED) is 0.181. The van der Waals surface area contributed by atoms with E-state index >= 15 is 0 Å². The number of thiophene rings is 2. The number of hydrogen-bond donors (Lipinski definition) is 0. The van der Waals surface area contributed by atoms with Gasteiger partial charge in [-0.1, -0.05) is 48.5 Å². The molecule has 0 fully saturated rings. The molecule has 7 aromatic carbocycles. The molecular formula is C50H28N4S2. The molecule has 0 spiro atoms. The third kappa shape index (κ3) is 4.37. The first-order valence-electron chi connectivity index (χ1n) is 18.8. The highest BCUT2D eigenvalue weighted by atomic mass is 32.1. The van der Waals surface area contributed by atoms with Crippen LogP contribution in [-0.4, -0.2) is 9.13 Å². The van der Waals surface area contributed by atoms with E-state index in [4.69, 9.17) is 0 Å². The van der Waals surface area contributed by atoms with Gasteiger partial charge in [0.05, 0.1) is 39.8 Å². The van der Waals surface area contributed by atoms with Gasteiger partial charge in [0.15, 0.2) is 0 Å². The number of aromatic nitrogens is 2. The van der Waals surface area contributed by atoms with Crippen molar-refractivity contribution in [3.8, 4) is 34.6 Å². The molecule has 1 aliphatic carbocycles. The molecule has 1 aliphatic rings. The first-order valence-corrected chi connectivity index (χ1v) is 20.4. The van der Waals surface area contributed by atoms with E-state index in [1.54, 1.807) is 0 Å². The molecular weight excluding hydrogens is 721 g/mol. The van der Waals surface area contributed by atoms with Crippen LogP contribution in [0.1, 0.15) is 28.8 Å². The number of para-hydroxylation sites is 1. The molecule has 12 rings (SSSR count). The fraction of sp³-hybridized carbons (Fsp3) is 0.0400. The van der Waals surface area contributed by atoms with Crippen molar-refractivity contribution in [1.82, 2.24) is 9.13 Å². The van der Waals surface area contributed by atoms with Gasteiger partial charge in [0.25, 0.3) is 0 Å². The van der Waals surface area contributed by atoms with Gasteiger partial charge in [0.2, 0.25) is 0 Å². The smallest absolute Gasteiger partial charge is 0.0998 e. The van der Waals surface area contributed by atoms with Crippen LogP contribution in [0.5, 0.6) is 0 Å². The van der Waals surface area contributed by atoms with E-state index in [9.17, 15) is 10.5 Å². The van der Waals surface area contributed by atoms with Gasteiger partial charge in [-0.2, -0.15) is 10.5 Å². The largest absolute Gasteiger partial charge is 0.310 e. The first-order chi connectivity index (χ1) is 27.7. The maximum Gasteiger partial charge on any atom is 0.0998 e. The van der Waals surface area contributed by atoms with Crippen molar-refractivity contribution in [3.63, 3.8) is 0 Å². The summed E-state index contributed by atoms with van der Waals surface area (Å²) in [6, 6.07) is 52.7. The lowest BCUT2D eigenvalue weighted by molar-refractivity contribution is 0.968. The molecule has 11 aromatic rings. The lowest BCUT2D eigenvalue weighted by Crippen LogP contribution is -2.00. The molecule has 0 saturated carbocycles. The Bertz CT molecular complexity index is 3630. The van der Waals surface area contributed by atoms with Crippen molar-refractivity contribution in [3.05, 3.63) is 162 Å². The van der Waals surface area contributed by atoms with Crippen molar-refractivity contribution >= 4 is 102 Å². The summed E-state index contributed by atoms with van der Waals surface area (Å²) in [7, 11) is 0. The normalized spacial score (nSPS) is 12.8. The number of nitrogens with zero attached hydrogens (tertiary/aromatic N) is 4. The Hall–Kier alpha value is -6.96. The minimum Gasteiger partial charge on any atom is -0.310 e. The summed E-state index contributed by atoms with van der Waals surface area (Å²) < 4.78 is 9.69. The molecule has 6 heteroatoms. The summed E-state index contributed by atoms with van der Waals surface area (Å²) in [5.74, 6) is 0. The zero-order valence-corrected chi connectivity index (χ0v) is 31.5. The van der Waals surface area contributed by atoms with Crippen molar-refractivity contribution in [2.45, 2.75) is 12.8 Å². The number of aryl methyl sites for hydroxylation is 1. The van der Waals surface area contributed by atoms with Gasteiger partial charge in [-0.15, -0.1) is 22.7 Å². The molecule has 0 N–H and O–H groups in total. The van der Waals surface area contributed by atoms with Crippen molar-refractivity contribution in [2.75, 3.05) is 0 Å². The lowest BCUT2D eigenvalue weighted by Gasteiger charge is -2.12. The van der Waals surface area contributed by atoms with Gasteiger partial charge in [0.1, 0.15) is 0 Å². The maximum absolute atomic E-state index is 10.0. The van der Waals surface area contributed by atoms with Crippen LogP contribution in [0.3, 0.4) is 0 Å². The Morgan fingerprint density at radius 3 is 1.66 bits per heavy atom. The van der Waals surface area contributed by atoms with Gasteiger partial charge in [-0.05, 0) is 127 Å². The third-order valence-electron chi connectivity index (χ3n) is 11.7. The van der Waals surface area contributed by atoms with E-state index in [2.05, 4.69) is 137 Å². The Morgan fingerprint density at radius 2 is 1.02 bits per heavy atom. The van der Waals surface area contributed by atoms with E-state index in [0.29, 0.717) is 5.56 Å². The summed E-state index contributed by atoms with van der Waals surface area (Å²) in [6.45, 7) is 0. The van der Waals surface area contributed by atoms with E-state index in [1.807, 2.05) is 53.0 Å². The summed E-state index contributed by atoms with van der Waals surface area (Å²) in [5.41, 5.74) is 11.7. The average molecular weight is 749 g/mol. The Morgan fingerprint density at radius 1 is 0.482 bits per heavy atom. The minimum atomic E-state index is 0.694. The van der Waals surface area contributed by atoms with Gasteiger partial charge < -0.3 is 9.13 Å². The SMILES string of the molecule is N#Cc1cccc2c1c1c(n2-c2ccc3sc4ccc(-c5ccc6sc7ccc(-n8c9ccccc9c9c(C#N)cccc98)cc7c6c5)cc4c3c2)C=CCC1. The summed E-state index contributed by atoms with van der Waals surface area (Å²) in [6.07, 6.45) is 6.41. The van der Waals surface area contributed by atoms with Crippen molar-refractivity contribution < 1.29 is 0 Å². The zero-order chi connectivity index (χ0) is 37.1. The molecule has 56 heavy (non-hydrogen) atoms. The zero-order valence-electron chi connectivity index (χ0n) is 29.9. The minimum absolute atomic E-state index is 0.694. The van der Waals surface area contributed by atoms with Gasteiger partial charge in [-0.3, -0.25) is 0 Å². The van der Waals surface area contributed by atoms with Crippen LogP contribution in [0.2, 0.25) is 0 Å². The molecule has 4 aromatic heterocycles. The molecule has 4 heterocycles. The third-order valence-corrected chi connectivity index (χ3v) is 14.0. The lowest BCUT2D eigenvalue weighted by atomic mass is 9.98. The summed E-state index contributed by atoms with van der Waals surface area (Å²) >= 11 is 3.66. The van der Waals surface area contributed by atoms with E-state index in [1.165, 1.54) is 62.7 Å². The van der Waals surface area contributed by atoms with Gasteiger partial charge in [-0.25, -0.2) is 0 Å². The van der Waals surface area contributed by atoms with Gasteiger partial charge >= 0.3 is 0 Å². The molecule has 4 nitrogen and oxygen atoms in total.